The molecule has 2 aromatic heterocycles. The first kappa shape index (κ1) is 14.5. The van der Waals surface area contributed by atoms with Crippen molar-refractivity contribution in [3.05, 3.63) is 40.1 Å². The van der Waals surface area contributed by atoms with Crippen molar-refractivity contribution in [2.45, 2.75) is 32.7 Å². The highest BCUT2D eigenvalue weighted by molar-refractivity contribution is 7.14. The summed E-state index contributed by atoms with van der Waals surface area (Å²) in [4.78, 5) is 28.2. The van der Waals surface area contributed by atoms with Gasteiger partial charge in [0.05, 0.1) is 17.8 Å². The number of nitrogens with zero attached hydrogens (tertiary/aromatic N) is 2. The number of rotatable bonds is 7. The number of imidazole rings is 1. The molecular weight excluding hydrogens is 276 g/mol. The number of carboxylic acid groups (broad SMARTS) is 1. The number of aryl methyl sites for hydroxylation is 1. The minimum Gasteiger partial charge on any atom is -0.481 e. The van der Waals surface area contributed by atoms with E-state index in [9.17, 15) is 9.59 Å². The minimum atomic E-state index is -0.943. The summed E-state index contributed by atoms with van der Waals surface area (Å²) in [7, 11) is 0. The molecule has 20 heavy (non-hydrogen) atoms. The number of carbonyl (C=O) groups excluding carboxylic acids is 1. The molecule has 0 saturated carbocycles. The predicted molar refractivity (Wildman–Crippen MR) is 76.2 cm³/mol. The summed E-state index contributed by atoms with van der Waals surface area (Å²) in [6.07, 6.45) is 4.49. The Hall–Kier alpha value is -1.95. The molecule has 1 N–H and O–H groups in total. The fourth-order valence-corrected chi connectivity index (χ4v) is 2.90. The summed E-state index contributed by atoms with van der Waals surface area (Å²) < 4.78 is 2.05. The topological polar surface area (TPSA) is 72.2 Å². The lowest BCUT2D eigenvalue weighted by atomic mass is 10.2. The van der Waals surface area contributed by atoms with Crippen LogP contribution in [-0.2, 0) is 17.8 Å². The van der Waals surface area contributed by atoms with Gasteiger partial charge in [0.2, 0.25) is 0 Å². The van der Waals surface area contributed by atoms with Gasteiger partial charge >= 0.3 is 5.97 Å². The second-order valence-electron chi connectivity index (χ2n) is 4.41. The van der Waals surface area contributed by atoms with Gasteiger partial charge in [-0.3, -0.25) is 9.59 Å². The molecule has 0 aliphatic carbocycles. The quantitative estimate of drug-likeness (QED) is 0.796. The first-order valence-electron chi connectivity index (χ1n) is 6.44. The van der Waals surface area contributed by atoms with E-state index in [0.29, 0.717) is 11.4 Å². The Bertz CT molecular complexity index is 615. The van der Waals surface area contributed by atoms with Gasteiger partial charge in [0.25, 0.3) is 0 Å². The second-order valence-corrected chi connectivity index (χ2v) is 5.58. The number of carbonyl (C=O) groups is 2. The molecule has 0 unspecified atom stereocenters. The van der Waals surface area contributed by atoms with E-state index in [2.05, 4.69) is 9.55 Å². The molecule has 0 amide bonds. The first-order valence-corrected chi connectivity index (χ1v) is 7.25. The highest BCUT2D eigenvalue weighted by Gasteiger charge is 2.12. The van der Waals surface area contributed by atoms with E-state index < -0.39 is 5.97 Å². The Labute approximate surface area is 120 Å². The van der Waals surface area contributed by atoms with Crippen LogP contribution in [0.1, 0.15) is 40.1 Å². The molecule has 106 valence electrons. The monoisotopic (exact) mass is 292 g/mol. The lowest BCUT2D eigenvalue weighted by Gasteiger charge is -2.03. The molecule has 5 nitrogen and oxygen atoms in total. The third-order valence-corrected chi connectivity index (χ3v) is 4.06. The number of carboxylic acids is 1. The average molecular weight is 292 g/mol. The van der Waals surface area contributed by atoms with Crippen molar-refractivity contribution < 1.29 is 14.7 Å². The van der Waals surface area contributed by atoms with Crippen molar-refractivity contribution in [3.8, 4) is 0 Å². The summed E-state index contributed by atoms with van der Waals surface area (Å²) in [5.41, 5.74) is 0. The molecule has 0 saturated heterocycles. The highest BCUT2D eigenvalue weighted by atomic mass is 32.1. The third kappa shape index (κ3) is 3.54. The zero-order chi connectivity index (χ0) is 14.5. The number of ketones is 1. The number of hydrogen-bond acceptors (Lipinski definition) is 4. The zero-order valence-electron chi connectivity index (χ0n) is 11.2. The van der Waals surface area contributed by atoms with Crippen LogP contribution in [-0.4, -0.2) is 26.4 Å². The Morgan fingerprint density at radius 2 is 2.15 bits per heavy atom. The van der Waals surface area contributed by atoms with E-state index in [1.54, 1.807) is 12.3 Å². The van der Waals surface area contributed by atoms with Gasteiger partial charge in [0, 0.05) is 30.1 Å². The molecule has 2 heterocycles. The molecule has 0 aromatic carbocycles. The van der Waals surface area contributed by atoms with Gasteiger partial charge in [0.15, 0.2) is 5.78 Å². The summed E-state index contributed by atoms with van der Waals surface area (Å²) >= 11 is 1.42. The van der Waals surface area contributed by atoms with Crippen molar-refractivity contribution in [2.75, 3.05) is 0 Å². The van der Waals surface area contributed by atoms with Gasteiger partial charge in [-0.05, 0) is 12.1 Å². The minimum absolute atomic E-state index is 0.0561. The smallest absolute Gasteiger partial charge is 0.303 e. The largest absolute Gasteiger partial charge is 0.481 e. The number of aliphatic carboxylic acids is 1. The molecule has 0 aliphatic rings. The van der Waals surface area contributed by atoms with Crippen molar-refractivity contribution >= 4 is 23.1 Å². The van der Waals surface area contributed by atoms with Gasteiger partial charge in [-0.15, -0.1) is 11.3 Å². The molecule has 0 radical (unpaired) electrons. The molecule has 0 spiro atoms. The van der Waals surface area contributed by atoms with E-state index >= 15 is 0 Å². The zero-order valence-corrected chi connectivity index (χ0v) is 12.0. The molecule has 0 bridgehead atoms. The van der Waals surface area contributed by atoms with Crippen LogP contribution in [0.25, 0.3) is 0 Å². The highest BCUT2D eigenvalue weighted by Crippen LogP contribution is 2.20. The Balaban J connectivity index is 2.02. The third-order valence-electron chi connectivity index (χ3n) is 2.95. The van der Waals surface area contributed by atoms with E-state index in [-0.39, 0.29) is 18.6 Å². The lowest BCUT2D eigenvalue weighted by Crippen LogP contribution is -2.02. The normalized spacial score (nSPS) is 10.7. The number of aromatic nitrogens is 2. The summed E-state index contributed by atoms with van der Waals surface area (Å²) in [6, 6.07) is 3.69. The SMILES string of the molecule is CCc1nccn1Cc1ccc(C(=O)CCC(=O)O)s1. The summed E-state index contributed by atoms with van der Waals surface area (Å²) in [5.74, 6) is -0.0386. The van der Waals surface area contributed by atoms with E-state index in [1.807, 2.05) is 19.2 Å². The van der Waals surface area contributed by atoms with Gasteiger partial charge in [0.1, 0.15) is 5.82 Å². The van der Waals surface area contributed by atoms with Gasteiger partial charge < -0.3 is 9.67 Å². The van der Waals surface area contributed by atoms with Crippen molar-refractivity contribution in [1.29, 1.82) is 0 Å². The Morgan fingerprint density at radius 3 is 2.85 bits per heavy atom. The number of hydrogen-bond donors (Lipinski definition) is 1. The molecule has 2 rings (SSSR count). The van der Waals surface area contributed by atoms with Crippen LogP contribution in [0.2, 0.25) is 0 Å². The van der Waals surface area contributed by atoms with Crippen LogP contribution < -0.4 is 0 Å². The molecule has 0 aliphatic heterocycles. The maximum Gasteiger partial charge on any atom is 0.303 e. The van der Waals surface area contributed by atoms with Crippen molar-refractivity contribution in [3.63, 3.8) is 0 Å². The van der Waals surface area contributed by atoms with Crippen LogP contribution in [0, 0.1) is 0 Å². The Morgan fingerprint density at radius 1 is 1.35 bits per heavy atom. The maximum absolute atomic E-state index is 11.8. The van der Waals surface area contributed by atoms with Crippen LogP contribution in [0.5, 0.6) is 0 Å². The fourth-order valence-electron chi connectivity index (χ4n) is 1.92. The molecule has 0 fully saturated rings. The van der Waals surface area contributed by atoms with Gasteiger partial charge in [-0.1, -0.05) is 6.92 Å². The predicted octanol–water partition coefficient (Wildman–Crippen LogP) is 2.60. The first-order chi connectivity index (χ1) is 9.60. The molecule has 6 heteroatoms. The summed E-state index contributed by atoms with van der Waals surface area (Å²) in [6.45, 7) is 2.74. The van der Waals surface area contributed by atoms with Gasteiger partial charge in [-0.2, -0.15) is 0 Å². The van der Waals surface area contributed by atoms with Gasteiger partial charge in [-0.25, -0.2) is 4.98 Å². The molecule has 2 aromatic rings. The summed E-state index contributed by atoms with van der Waals surface area (Å²) in [5, 5.41) is 8.58. The maximum atomic E-state index is 11.8. The molecule has 0 atom stereocenters. The van der Waals surface area contributed by atoms with E-state index in [0.717, 1.165) is 17.1 Å². The average Bonchev–Trinajstić information content (AvgIpc) is 3.05. The standard InChI is InChI=1S/C14H16N2O3S/c1-2-13-15-7-8-16(13)9-10-3-5-12(20-10)11(17)4-6-14(18)19/h3,5,7-8H,2,4,6,9H2,1H3,(H,18,19). The Kier molecular flexibility index (Phi) is 4.68. The second kappa shape index (κ2) is 6.47. The van der Waals surface area contributed by atoms with Crippen molar-refractivity contribution in [1.82, 2.24) is 9.55 Å². The molecular formula is C14H16N2O3S. The van der Waals surface area contributed by atoms with Crippen LogP contribution in [0.4, 0.5) is 0 Å². The fraction of sp³-hybridized carbons (Fsp3) is 0.357. The number of thiophene rings is 1. The number of Topliss-reactive ketones (excluding diaryl/α,β-unsaturated/α-hetero) is 1. The van der Waals surface area contributed by atoms with Crippen molar-refractivity contribution in [2.24, 2.45) is 0 Å². The lowest BCUT2D eigenvalue weighted by molar-refractivity contribution is -0.136. The van der Waals surface area contributed by atoms with Crippen LogP contribution in [0.3, 0.4) is 0 Å². The van der Waals surface area contributed by atoms with Crippen LogP contribution in [0.15, 0.2) is 24.5 Å². The van der Waals surface area contributed by atoms with E-state index in [1.165, 1.54) is 11.3 Å². The van der Waals surface area contributed by atoms with E-state index in [4.69, 9.17) is 5.11 Å². The van der Waals surface area contributed by atoms with Crippen LogP contribution >= 0.6 is 11.3 Å².